The summed E-state index contributed by atoms with van der Waals surface area (Å²) in [6.07, 6.45) is 1.98. The van der Waals surface area contributed by atoms with Crippen LogP contribution in [0.4, 0.5) is 4.79 Å². The van der Waals surface area contributed by atoms with Crippen molar-refractivity contribution in [3.8, 4) is 0 Å². The van der Waals surface area contributed by atoms with Crippen LogP contribution in [0.5, 0.6) is 0 Å². The fourth-order valence-corrected chi connectivity index (χ4v) is 2.76. The van der Waals surface area contributed by atoms with E-state index in [0.29, 0.717) is 24.1 Å². The number of carboxylic acids is 1. The number of carboxylic acid groups (broad SMARTS) is 1. The summed E-state index contributed by atoms with van der Waals surface area (Å²) in [6, 6.07) is -0.961. The largest absolute Gasteiger partial charge is 0.480 e. The third kappa shape index (κ3) is 4.31. The van der Waals surface area contributed by atoms with Gasteiger partial charge in [0, 0.05) is 29.8 Å². The van der Waals surface area contributed by atoms with E-state index in [9.17, 15) is 9.59 Å². The van der Waals surface area contributed by atoms with Gasteiger partial charge in [-0.05, 0) is 6.26 Å². The maximum atomic E-state index is 11.9. The first-order chi connectivity index (χ1) is 8.06. The molecule has 98 valence electrons. The summed E-state index contributed by atoms with van der Waals surface area (Å²) < 4.78 is 0. The van der Waals surface area contributed by atoms with Gasteiger partial charge in [0.15, 0.2) is 0 Å². The van der Waals surface area contributed by atoms with Gasteiger partial charge in [0.05, 0.1) is 0 Å². The second kappa shape index (κ2) is 7.00. The minimum absolute atomic E-state index is 0.265. The number of nitrogens with one attached hydrogen (secondary N) is 1. The van der Waals surface area contributed by atoms with Gasteiger partial charge < -0.3 is 15.3 Å². The second-order valence-electron chi connectivity index (χ2n) is 3.85. The molecule has 2 unspecified atom stereocenters. The fourth-order valence-electron chi connectivity index (χ4n) is 1.47. The molecule has 0 spiro atoms. The van der Waals surface area contributed by atoms with Crippen molar-refractivity contribution in [2.24, 2.45) is 0 Å². The van der Waals surface area contributed by atoms with Crippen LogP contribution >= 0.6 is 23.5 Å². The third-order valence-electron chi connectivity index (χ3n) is 2.62. The maximum Gasteiger partial charge on any atom is 0.327 e. The SMILES string of the molecule is CSC(C)CNC(=O)N1CCSCC1C(=O)O. The van der Waals surface area contributed by atoms with E-state index >= 15 is 0 Å². The highest BCUT2D eigenvalue weighted by Gasteiger charge is 2.32. The summed E-state index contributed by atoms with van der Waals surface area (Å²) in [4.78, 5) is 24.3. The van der Waals surface area contributed by atoms with E-state index in [4.69, 9.17) is 5.11 Å². The normalized spacial score (nSPS) is 22.0. The Morgan fingerprint density at radius 1 is 1.65 bits per heavy atom. The topological polar surface area (TPSA) is 69.6 Å². The number of rotatable bonds is 4. The van der Waals surface area contributed by atoms with Gasteiger partial charge in [0.25, 0.3) is 0 Å². The van der Waals surface area contributed by atoms with Crippen molar-refractivity contribution in [3.05, 3.63) is 0 Å². The number of hydrogen-bond acceptors (Lipinski definition) is 4. The lowest BCUT2D eigenvalue weighted by atomic mass is 10.3. The molecule has 0 aliphatic carbocycles. The van der Waals surface area contributed by atoms with Crippen LogP contribution in [-0.2, 0) is 4.79 Å². The van der Waals surface area contributed by atoms with Gasteiger partial charge in [0.2, 0.25) is 0 Å². The number of aliphatic carboxylic acids is 1. The first-order valence-corrected chi connectivity index (χ1v) is 7.88. The highest BCUT2D eigenvalue weighted by molar-refractivity contribution is 7.99. The predicted molar refractivity (Wildman–Crippen MR) is 71.8 cm³/mol. The summed E-state index contributed by atoms with van der Waals surface area (Å²) in [6.45, 7) is 3.09. The van der Waals surface area contributed by atoms with Gasteiger partial charge in [0.1, 0.15) is 6.04 Å². The molecule has 0 saturated carbocycles. The zero-order valence-electron chi connectivity index (χ0n) is 10.0. The summed E-state index contributed by atoms with van der Waals surface area (Å²) in [5.74, 6) is 0.348. The lowest BCUT2D eigenvalue weighted by Crippen LogP contribution is -2.54. The molecule has 17 heavy (non-hydrogen) atoms. The number of urea groups is 1. The summed E-state index contributed by atoms with van der Waals surface area (Å²) >= 11 is 3.24. The van der Waals surface area contributed by atoms with Crippen molar-refractivity contribution in [1.29, 1.82) is 0 Å². The fraction of sp³-hybridized carbons (Fsp3) is 0.800. The van der Waals surface area contributed by atoms with E-state index in [1.165, 1.54) is 4.90 Å². The van der Waals surface area contributed by atoms with Crippen molar-refractivity contribution in [2.75, 3.05) is 30.9 Å². The number of carbonyl (C=O) groups is 2. The van der Waals surface area contributed by atoms with Crippen LogP contribution in [0, 0.1) is 0 Å². The molecule has 0 bridgehead atoms. The molecule has 7 heteroatoms. The molecule has 1 saturated heterocycles. The molecule has 0 aromatic heterocycles. The number of carbonyl (C=O) groups excluding carboxylic acids is 1. The number of thioether (sulfide) groups is 2. The summed E-state index contributed by atoms with van der Waals surface area (Å²) in [5, 5.41) is 12.2. The Bertz CT molecular complexity index is 289. The van der Waals surface area contributed by atoms with E-state index in [-0.39, 0.29) is 6.03 Å². The van der Waals surface area contributed by atoms with Gasteiger partial charge in [-0.25, -0.2) is 9.59 Å². The first kappa shape index (κ1) is 14.5. The van der Waals surface area contributed by atoms with Gasteiger partial charge in [-0.2, -0.15) is 23.5 Å². The van der Waals surface area contributed by atoms with Gasteiger partial charge >= 0.3 is 12.0 Å². The molecule has 0 aromatic rings. The molecule has 2 atom stereocenters. The Labute approximate surface area is 110 Å². The standard InChI is InChI=1S/C10H18N2O3S2/c1-7(16-2)5-11-10(15)12-3-4-17-6-8(12)9(13)14/h7-8H,3-6H2,1-2H3,(H,11,15)(H,13,14). The Balaban J connectivity index is 2.50. The van der Waals surface area contributed by atoms with Crippen LogP contribution in [0.3, 0.4) is 0 Å². The number of nitrogens with zero attached hydrogens (tertiary/aromatic N) is 1. The Kier molecular flexibility index (Phi) is 5.97. The molecule has 0 aromatic carbocycles. The van der Waals surface area contributed by atoms with E-state index in [1.54, 1.807) is 23.5 Å². The van der Waals surface area contributed by atoms with Crippen molar-refractivity contribution >= 4 is 35.5 Å². The molecule has 1 aliphatic rings. The van der Waals surface area contributed by atoms with Crippen LogP contribution in [0.25, 0.3) is 0 Å². The Morgan fingerprint density at radius 3 is 2.94 bits per heavy atom. The molecular formula is C10H18N2O3S2. The molecular weight excluding hydrogens is 260 g/mol. The van der Waals surface area contributed by atoms with E-state index < -0.39 is 12.0 Å². The lowest BCUT2D eigenvalue weighted by Gasteiger charge is -2.32. The average molecular weight is 278 g/mol. The van der Waals surface area contributed by atoms with E-state index in [1.807, 2.05) is 13.2 Å². The molecule has 2 N–H and O–H groups in total. The average Bonchev–Trinajstić information content (AvgIpc) is 2.35. The minimum atomic E-state index is -0.926. The predicted octanol–water partition coefficient (Wildman–Crippen LogP) is 0.950. The highest BCUT2D eigenvalue weighted by Crippen LogP contribution is 2.16. The van der Waals surface area contributed by atoms with E-state index in [2.05, 4.69) is 5.32 Å². The molecule has 5 nitrogen and oxygen atoms in total. The monoisotopic (exact) mass is 278 g/mol. The summed E-state index contributed by atoms with van der Waals surface area (Å²) in [7, 11) is 0. The zero-order valence-corrected chi connectivity index (χ0v) is 11.6. The van der Waals surface area contributed by atoms with Crippen molar-refractivity contribution in [3.63, 3.8) is 0 Å². The van der Waals surface area contributed by atoms with Crippen LogP contribution in [0.15, 0.2) is 0 Å². The van der Waals surface area contributed by atoms with Gasteiger partial charge in [-0.15, -0.1) is 0 Å². The first-order valence-electron chi connectivity index (χ1n) is 5.44. The lowest BCUT2D eigenvalue weighted by molar-refractivity contribution is -0.141. The Hall–Kier alpha value is -0.560. The van der Waals surface area contributed by atoms with Crippen LogP contribution in [0.1, 0.15) is 6.92 Å². The van der Waals surface area contributed by atoms with Crippen molar-refractivity contribution in [2.45, 2.75) is 18.2 Å². The molecule has 2 amide bonds. The van der Waals surface area contributed by atoms with Crippen molar-refractivity contribution in [1.82, 2.24) is 10.2 Å². The van der Waals surface area contributed by atoms with Crippen LogP contribution in [0.2, 0.25) is 0 Å². The van der Waals surface area contributed by atoms with Crippen LogP contribution in [-0.4, -0.2) is 64.1 Å². The Morgan fingerprint density at radius 2 is 2.35 bits per heavy atom. The number of hydrogen-bond donors (Lipinski definition) is 2. The number of amides is 2. The summed E-state index contributed by atoms with van der Waals surface area (Å²) in [5.41, 5.74) is 0. The van der Waals surface area contributed by atoms with E-state index in [0.717, 1.165) is 5.75 Å². The molecule has 1 rings (SSSR count). The maximum absolute atomic E-state index is 11.9. The smallest absolute Gasteiger partial charge is 0.327 e. The molecule has 1 fully saturated rings. The molecule has 1 aliphatic heterocycles. The minimum Gasteiger partial charge on any atom is -0.480 e. The highest BCUT2D eigenvalue weighted by atomic mass is 32.2. The van der Waals surface area contributed by atoms with Gasteiger partial charge in [-0.3, -0.25) is 0 Å². The zero-order chi connectivity index (χ0) is 12.8. The third-order valence-corrected chi connectivity index (χ3v) is 4.61. The quantitative estimate of drug-likeness (QED) is 0.801. The van der Waals surface area contributed by atoms with Crippen LogP contribution < -0.4 is 5.32 Å². The van der Waals surface area contributed by atoms with Crippen molar-refractivity contribution < 1.29 is 14.7 Å². The molecule has 1 heterocycles. The molecule has 0 radical (unpaired) electrons. The van der Waals surface area contributed by atoms with Gasteiger partial charge in [-0.1, -0.05) is 6.92 Å². The second-order valence-corrected chi connectivity index (χ2v) is 6.28.